The fraction of sp³-hybridized carbons (Fsp3) is 0.536. The number of rotatable bonds is 8. The highest BCUT2D eigenvalue weighted by Gasteiger charge is 2.32. The SMILES string of the molecule is CC(C)[B]NC(=O)C(C)(C)c1ccc(OC2CCCC2)c(-c2ccccc2C2CCC2)c1. The average Bonchev–Trinajstić information content (AvgIpc) is 3.24. The van der Waals surface area contributed by atoms with Gasteiger partial charge in [-0.3, -0.25) is 4.79 Å². The second kappa shape index (κ2) is 9.73. The Bertz CT molecular complexity index is 942. The Morgan fingerprint density at radius 3 is 2.38 bits per heavy atom. The lowest BCUT2D eigenvalue weighted by atomic mass is 9.74. The molecule has 1 amide bonds. The maximum Gasteiger partial charge on any atom is 0.249 e. The zero-order chi connectivity index (χ0) is 22.7. The van der Waals surface area contributed by atoms with Crippen LogP contribution in [0.5, 0.6) is 5.75 Å². The van der Waals surface area contributed by atoms with E-state index in [-0.39, 0.29) is 5.91 Å². The van der Waals surface area contributed by atoms with E-state index < -0.39 is 5.41 Å². The van der Waals surface area contributed by atoms with Gasteiger partial charge in [0.15, 0.2) is 0 Å². The van der Waals surface area contributed by atoms with Crippen LogP contribution < -0.4 is 9.96 Å². The molecular weight excluding hydrogens is 393 g/mol. The van der Waals surface area contributed by atoms with Crippen molar-refractivity contribution in [2.45, 2.75) is 95.9 Å². The van der Waals surface area contributed by atoms with Gasteiger partial charge in [-0.25, -0.2) is 0 Å². The Hall–Kier alpha value is -2.23. The number of benzene rings is 2. The fourth-order valence-electron chi connectivity index (χ4n) is 4.79. The fourth-order valence-corrected chi connectivity index (χ4v) is 4.79. The quantitative estimate of drug-likeness (QED) is 0.469. The number of carbonyl (C=O) groups is 1. The molecule has 0 spiro atoms. The van der Waals surface area contributed by atoms with Gasteiger partial charge in [-0.05, 0) is 87.1 Å². The van der Waals surface area contributed by atoms with Crippen molar-refractivity contribution in [1.82, 2.24) is 5.23 Å². The molecule has 1 radical (unpaired) electrons. The van der Waals surface area contributed by atoms with Crippen molar-refractivity contribution >= 4 is 13.3 Å². The molecule has 2 aromatic carbocycles. The van der Waals surface area contributed by atoms with E-state index in [0.717, 1.165) is 29.7 Å². The second-order valence-electron chi connectivity index (χ2n) is 10.5. The Kier molecular flexibility index (Phi) is 6.98. The molecule has 1 N–H and O–H groups in total. The smallest absolute Gasteiger partial charge is 0.249 e. The molecule has 3 nitrogen and oxygen atoms in total. The summed E-state index contributed by atoms with van der Waals surface area (Å²) in [7, 11) is 1.87. The van der Waals surface area contributed by atoms with Gasteiger partial charge in [-0.15, -0.1) is 0 Å². The van der Waals surface area contributed by atoms with Crippen molar-refractivity contribution in [3.63, 3.8) is 0 Å². The van der Waals surface area contributed by atoms with Crippen LogP contribution in [0, 0.1) is 0 Å². The standard InChI is InChI=1S/C28H37BNO2/c1-19(2)29-30-27(31)28(3,4)21-16-17-26(32-22-12-5-6-13-22)25(18-21)24-15-8-7-14-23(24)20-10-9-11-20/h7-8,14-20,22H,5-6,9-13H2,1-4H3,(H,30,31). The minimum absolute atomic E-state index is 0.0221. The summed E-state index contributed by atoms with van der Waals surface area (Å²) in [4.78, 5) is 13.0. The van der Waals surface area contributed by atoms with Crippen molar-refractivity contribution in [2.75, 3.05) is 0 Å². The molecule has 0 aromatic heterocycles. The molecule has 2 saturated carbocycles. The van der Waals surface area contributed by atoms with Crippen LogP contribution in [0.4, 0.5) is 0 Å². The second-order valence-corrected chi connectivity index (χ2v) is 10.5. The maximum atomic E-state index is 13.0. The molecule has 0 atom stereocenters. The van der Waals surface area contributed by atoms with Crippen LogP contribution in [0.1, 0.15) is 89.7 Å². The molecule has 0 unspecified atom stereocenters. The van der Waals surface area contributed by atoms with E-state index in [1.807, 2.05) is 21.3 Å². The van der Waals surface area contributed by atoms with Gasteiger partial charge in [-0.2, -0.15) is 0 Å². The summed E-state index contributed by atoms with van der Waals surface area (Å²) < 4.78 is 6.55. The zero-order valence-corrected chi connectivity index (χ0v) is 20.1. The van der Waals surface area contributed by atoms with Gasteiger partial charge >= 0.3 is 0 Å². The summed E-state index contributed by atoms with van der Waals surface area (Å²) in [5, 5.41) is 3.01. The van der Waals surface area contributed by atoms with Gasteiger partial charge in [-0.1, -0.05) is 56.4 Å². The Labute approximate surface area is 194 Å². The van der Waals surface area contributed by atoms with Gasteiger partial charge < -0.3 is 9.96 Å². The maximum absolute atomic E-state index is 13.0. The van der Waals surface area contributed by atoms with Crippen LogP contribution in [0.3, 0.4) is 0 Å². The van der Waals surface area contributed by atoms with Crippen molar-refractivity contribution in [1.29, 1.82) is 0 Å². The number of hydrogen-bond acceptors (Lipinski definition) is 2. The largest absolute Gasteiger partial charge is 0.490 e. The zero-order valence-electron chi connectivity index (χ0n) is 20.1. The highest BCUT2D eigenvalue weighted by molar-refractivity contribution is 6.39. The van der Waals surface area contributed by atoms with Gasteiger partial charge in [0.1, 0.15) is 5.75 Å². The molecule has 169 valence electrons. The van der Waals surface area contributed by atoms with Gasteiger partial charge in [0.05, 0.1) is 11.5 Å². The minimum atomic E-state index is -0.641. The topological polar surface area (TPSA) is 38.3 Å². The monoisotopic (exact) mass is 430 g/mol. The van der Waals surface area contributed by atoms with Crippen molar-refractivity contribution in [3.05, 3.63) is 53.6 Å². The molecule has 0 saturated heterocycles. The lowest BCUT2D eigenvalue weighted by Crippen LogP contribution is -2.42. The third-order valence-electron chi connectivity index (χ3n) is 7.21. The molecule has 0 aliphatic heterocycles. The lowest BCUT2D eigenvalue weighted by Gasteiger charge is -2.30. The van der Waals surface area contributed by atoms with Crippen LogP contribution in [0.15, 0.2) is 42.5 Å². The lowest BCUT2D eigenvalue weighted by molar-refractivity contribution is -0.123. The van der Waals surface area contributed by atoms with E-state index in [1.165, 1.54) is 43.2 Å². The van der Waals surface area contributed by atoms with Crippen LogP contribution >= 0.6 is 0 Å². The predicted octanol–water partition coefficient (Wildman–Crippen LogP) is 6.78. The van der Waals surface area contributed by atoms with Gasteiger partial charge in [0, 0.05) is 5.56 Å². The summed E-state index contributed by atoms with van der Waals surface area (Å²) in [5.41, 5.74) is 4.19. The molecule has 0 heterocycles. The third kappa shape index (κ3) is 4.90. The van der Waals surface area contributed by atoms with Crippen LogP contribution in [0.2, 0.25) is 5.82 Å². The van der Waals surface area contributed by atoms with Crippen LogP contribution in [0.25, 0.3) is 11.1 Å². The molecule has 4 heteroatoms. The van der Waals surface area contributed by atoms with Crippen LogP contribution in [-0.4, -0.2) is 19.4 Å². The molecule has 0 bridgehead atoms. The Balaban J connectivity index is 1.73. The minimum Gasteiger partial charge on any atom is -0.490 e. The highest BCUT2D eigenvalue weighted by Crippen LogP contribution is 2.44. The van der Waals surface area contributed by atoms with E-state index >= 15 is 0 Å². The average molecular weight is 430 g/mol. The normalized spacial score (nSPS) is 17.3. The van der Waals surface area contributed by atoms with E-state index in [1.54, 1.807) is 0 Å². The number of nitrogens with one attached hydrogen (secondary N) is 1. The molecule has 2 aliphatic rings. The van der Waals surface area contributed by atoms with E-state index in [0.29, 0.717) is 17.8 Å². The number of ether oxygens (including phenoxy) is 1. The van der Waals surface area contributed by atoms with Crippen LogP contribution in [-0.2, 0) is 10.2 Å². The Morgan fingerprint density at radius 1 is 1.00 bits per heavy atom. The third-order valence-corrected chi connectivity index (χ3v) is 7.21. The molecule has 4 rings (SSSR count). The first-order valence-corrected chi connectivity index (χ1v) is 12.4. The van der Waals surface area contributed by atoms with Crippen molar-refractivity contribution < 1.29 is 9.53 Å². The molecule has 2 aromatic rings. The number of hydrogen-bond donors (Lipinski definition) is 1. The number of carbonyl (C=O) groups excluding carboxylic acids is 1. The summed E-state index contributed by atoms with van der Waals surface area (Å²) >= 11 is 0. The molecule has 2 aliphatic carbocycles. The first kappa shape index (κ1) is 23.0. The summed E-state index contributed by atoms with van der Waals surface area (Å²) in [6.07, 6.45) is 8.88. The van der Waals surface area contributed by atoms with E-state index in [2.05, 4.69) is 61.5 Å². The summed E-state index contributed by atoms with van der Waals surface area (Å²) in [6.45, 7) is 8.14. The van der Waals surface area contributed by atoms with E-state index in [4.69, 9.17) is 4.74 Å². The van der Waals surface area contributed by atoms with E-state index in [9.17, 15) is 4.79 Å². The number of amides is 1. The molecular formula is C28H37BNO2. The van der Waals surface area contributed by atoms with Crippen molar-refractivity contribution in [3.8, 4) is 16.9 Å². The molecule has 2 fully saturated rings. The van der Waals surface area contributed by atoms with Gasteiger partial charge in [0.25, 0.3) is 0 Å². The first-order valence-electron chi connectivity index (χ1n) is 12.4. The molecule has 32 heavy (non-hydrogen) atoms. The Morgan fingerprint density at radius 2 is 1.72 bits per heavy atom. The summed E-state index contributed by atoms with van der Waals surface area (Å²) in [5.74, 6) is 1.92. The van der Waals surface area contributed by atoms with Crippen molar-refractivity contribution in [2.24, 2.45) is 0 Å². The van der Waals surface area contributed by atoms with Gasteiger partial charge in [0.2, 0.25) is 13.3 Å². The summed E-state index contributed by atoms with van der Waals surface area (Å²) in [6, 6.07) is 15.2. The highest BCUT2D eigenvalue weighted by atomic mass is 16.5. The first-order chi connectivity index (χ1) is 15.4. The predicted molar refractivity (Wildman–Crippen MR) is 133 cm³/mol.